The van der Waals surface area contributed by atoms with Crippen LogP contribution in [0.4, 0.5) is 15.8 Å². The van der Waals surface area contributed by atoms with E-state index < -0.39 is 16.7 Å². The number of carbonyl (C=O) groups excluding carboxylic acids is 1. The van der Waals surface area contributed by atoms with Crippen LogP contribution >= 0.6 is 11.6 Å². The summed E-state index contributed by atoms with van der Waals surface area (Å²) in [5.74, 6) is -1.41. The van der Waals surface area contributed by atoms with Gasteiger partial charge in [-0.3, -0.25) is 19.6 Å². The minimum atomic E-state index is -0.572. The van der Waals surface area contributed by atoms with E-state index in [0.29, 0.717) is 17.1 Å². The number of benzene rings is 1. The first-order valence-corrected chi connectivity index (χ1v) is 7.52. The molecule has 7 nitrogen and oxygen atoms in total. The van der Waals surface area contributed by atoms with Crippen LogP contribution < -0.4 is 5.32 Å². The van der Waals surface area contributed by atoms with Crippen molar-refractivity contribution in [3.05, 3.63) is 50.5 Å². The van der Waals surface area contributed by atoms with Crippen LogP contribution in [-0.2, 0) is 11.3 Å². The minimum absolute atomic E-state index is 0.0482. The van der Waals surface area contributed by atoms with Gasteiger partial charge in [0, 0.05) is 5.69 Å². The van der Waals surface area contributed by atoms with Crippen LogP contribution in [0.5, 0.6) is 0 Å². The molecule has 24 heavy (non-hydrogen) atoms. The summed E-state index contributed by atoms with van der Waals surface area (Å²) >= 11 is 5.67. The van der Waals surface area contributed by atoms with Gasteiger partial charge in [-0.05, 0) is 32.0 Å². The molecule has 0 bridgehead atoms. The third kappa shape index (κ3) is 3.70. The predicted molar refractivity (Wildman–Crippen MR) is 87.6 cm³/mol. The fourth-order valence-electron chi connectivity index (χ4n) is 2.31. The largest absolute Gasteiger partial charge is 0.326 e. The summed E-state index contributed by atoms with van der Waals surface area (Å²) in [5, 5.41) is 17.7. The smallest absolute Gasteiger partial charge is 0.312 e. The number of anilines is 1. The van der Waals surface area contributed by atoms with Crippen molar-refractivity contribution in [1.29, 1.82) is 0 Å². The SMILES string of the molecule is Cc1nn(CC(C)C(=O)Nc2ccc(F)c(Cl)c2)c(C)c1[N+](=O)[O-]. The summed E-state index contributed by atoms with van der Waals surface area (Å²) in [7, 11) is 0. The molecular weight excluding hydrogens is 339 g/mol. The number of rotatable bonds is 5. The lowest BCUT2D eigenvalue weighted by Gasteiger charge is -2.13. The highest BCUT2D eigenvalue weighted by molar-refractivity contribution is 6.31. The van der Waals surface area contributed by atoms with Gasteiger partial charge in [0.1, 0.15) is 17.2 Å². The summed E-state index contributed by atoms with van der Waals surface area (Å²) in [6.07, 6.45) is 0. The number of aryl methyl sites for hydroxylation is 1. The maximum absolute atomic E-state index is 13.1. The molecule has 0 spiro atoms. The molecule has 0 saturated heterocycles. The van der Waals surface area contributed by atoms with Gasteiger partial charge in [-0.1, -0.05) is 18.5 Å². The molecule has 1 aromatic heterocycles. The van der Waals surface area contributed by atoms with Gasteiger partial charge < -0.3 is 5.32 Å². The van der Waals surface area contributed by atoms with Gasteiger partial charge in [-0.2, -0.15) is 5.10 Å². The summed E-state index contributed by atoms with van der Waals surface area (Å²) < 4.78 is 14.6. The Balaban J connectivity index is 2.10. The third-order valence-corrected chi connectivity index (χ3v) is 3.90. The number of amides is 1. The number of nitro groups is 1. The Hall–Kier alpha value is -2.48. The van der Waals surface area contributed by atoms with Gasteiger partial charge in [0.05, 0.1) is 22.4 Å². The molecule has 0 aliphatic carbocycles. The highest BCUT2D eigenvalue weighted by atomic mass is 35.5. The van der Waals surface area contributed by atoms with Crippen molar-refractivity contribution < 1.29 is 14.1 Å². The van der Waals surface area contributed by atoms with Crippen LogP contribution in [-0.4, -0.2) is 20.6 Å². The number of halogens is 2. The molecule has 0 radical (unpaired) electrons. The number of aromatic nitrogens is 2. The second kappa shape index (κ2) is 6.96. The minimum Gasteiger partial charge on any atom is -0.326 e. The highest BCUT2D eigenvalue weighted by Gasteiger charge is 2.24. The highest BCUT2D eigenvalue weighted by Crippen LogP contribution is 2.23. The Kier molecular flexibility index (Phi) is 5.18. The maximum Gasteiger partial charge on any atom is 0.312 e. The molecule has 2 aromatic rings. The van der Waals surface area contributed by atoms with Gasteiger partial charge in [-0.25, -0.2) is 4.39 Å². The van der Waals surface area contributed by atoms with E-state index in [0.717, 1.165) is 6.07 Å². The Bertz CT molecular complexity index is 806. The summed E-state index contributed by atoms with van der Waals surface area (Å²) in [4.78, 5) is 22.7. The molecule has 1 amide bonds. The van der Waals surface area contributed by atoms with E-state index in [9.17, 15) is 19.3 Å². The molecule has 1 unspecified atom stereocenters. The van der Waals surface area contributed by atoms with Crippen molar-refractivity contribution in [2.45, 2.75) is 27.3 Å². The number of hydrogen-bond acceptors (Lipinski definition) is 4. The third-order valence-electron chi connectivity index (χ3n) is 3.61. The zero-order valence-corrected chi connectivity index (χ0v) is 14.1. The quantitative estimate of drug-likeness (QED) is 0.657. The summed E-state index contributed by atoms with van der Waals surface area (Å²) in [6, 6.07) is 3.88. The number of nitrogens with zero attached hydrogens (tertiary/aromatic N) is 3. The predicted octanol–water partition coefficient (Wildman–Crippen LogP) is 3.48. The van der Waals surface area contributed by atoms with E-state index in [1.807, 2.05) is 0 Å². The van der Waals surface area contributed by atoms with E-state index >= 15 is 0 Å². The van der Waals surface area contributed by atoms with Crippen molar-refractivity contribution in [3.63, 3.8) is 0 Å². The second-order valence-electron chi connectivity index (χ2n) is 5.48. The zero-order chi connectivity index (χ0) is 18.0. The van der Waals surface area contributed by atoms with Crippen molar-refractivity contribution in [2.75, 3.05) is 5.32 Å². The molecule has 9 heteroatoms. The summed E-state index contributed by atoms with van der Waals surface area (Å²) in [6.45, 7) is 4.99. The van der Waals surface area contributed by atoms with Crippen LogP contribution in [0.25, 0.3) is 0 Å². The van der Waals surface area contributed by atoms with Crippen molar-refractivity contribution in [2.24, 2.45) is 5.92 Å². The molecule has 128 valence electrons. The van der Waals surface area contributed by atoms with Crippen molar-refractivity contribution in [1.82, 2.24) is 9.78 Å². The average Bonchev–Trinajstić information content (AvgIpc) is 2.77. The zero-order valence-electron chi connectivity index (χ0n) is 13.3. The molecule has 1 aromatic carbocycles. The molecule has 0 saturated carbocycles. The number of hydrogen-bond donors (Lipinski definition) is 1. The first-order chi connectivity index (χ1) is 11.2. The van der Waals surface area contributed by atoms with Gasteiger partial charge in [-0.15, -0.1) is 0 Å². The first-order valence-electron chi connectivity index (χ1n) is 7.15. The topological polar surface area (TPSA) is 90.1 Å². The first kappa shape index (κ1) is 17.9. The molecule has 1 N–H and O–H groups in total. The Labute approximate surface area is 142 Å². The van der Waals surface area contributed by atoms with E-state index in [1.54, 1.807) is 20.8 Å². The van der Waals surface area contributed by atoms with E-state index in [2.05, 4.69) is 10.4 Å². The Morgan fingerprint density at radius 3 is 2.71 bits per heavy atom. The van der Waals surface area contributed by atoms with Gasteiger partial charge in [0.25, 0.3) is 0 Å². The molecule has 0 aliphatic heterocycles. The maximum atomic E-state index is 13.1. The average molecular weight is 355 g/mol. The van der Waals surface area contributed by atoms with Crippen LogP contribution in [0.3, 0.4) is 0 Å². The summed E-state index contributed by atoms with van der Waals surface area (Å²) in [5.41, 5.74) is 1.02. The number of carbonyl (C=O) groups is 1. The molecule has 2 rings (SSSR count). The van der Waals surface area contributed by atoms with Gasteiger partial charge in [0.15, 0.2) is 0 Å². The van der Waals surface area contributed by atoms with Crippen molar-refractivity contribution >= 4 is 28.9 Å². The van der Waals surface area contributed by atoms with E-state index in [-0.39, 0.29) is 23.2 Å². The molecule has 1 atom stereocenters. The van der Waals surface area contributed by atoms with Crippen LogP contribution in [0.15, 0.2) is 18.2 Å². The van der Waals surface area contributed by atoms with Crippen LogP contribution in [0.2, 0.25) is 5.02 Å². The molecule has 0 fully saturated rings. The lowest BCUT2D eigenvalue weighted by molar-refractivity contribution is -0.386. The molecule has 1 heterocycles. The molecule has 0 aliphatic rings. The van der Waals surface area contributed by atoms with Crippen LogP contribution in [0, 0.1) is 35.7 Å². The lowest BCUT2D eigenvalue weighted by atomic mass is 10.1. The van der Waals surface area contributed by atoms with Crippen molar-refractivity contribution in [3.8, 4) is 0 Å². The van der Waals surface area contributed by atoms with Crippen LogP contribution in [0.1, 0.15) is 18.3 Å². The Morgan fingerprint density at radius 1 is 1.50 bits per heavy atom. The monoisotopic (exact) mass is 354 g/mol. The normalized spacial score (nSPS) is 12.0. The lowest BCUT2D eigenvalue weighted by Crippen LogP contribution is -2.25. The van der Waals surface area contributed by atoms with E-state index in [4.69, 9.17) is 11.6 Å². The number of nitrogens with one attached hydrogen (secondary N) is 1. The van der Waals surface area contributed by atoms with E-state index in [1.165, 1.54) is 16.8 Å². The second-order valence-corrected chi connectivity index (χ2v) is 5.89. The Morgan fingerprint density at radius 2 is 2.17 bits per heavy atom. The fourth-order valence-corrected chi connectivity index (χ4v) is 2.49. The standard InChI is InChI=1S/C15H16ClFN4O3/c1-8(7-20-10(3)14(21(23)24)9(2)19-20)15(22)18-11-4-5-13(17)12(16)6-11/h4-6,8H,7H2,1-3H3,(H,18,22). The fraction of sp³-hybridized carbons (Fsp3) is 0.333. The van der Waals surface area contributed by atoms with Gasteiger partial charge >= 0.3 is 5.69 Å². The molecular formula is C15H16ClFN4O3. The van der Waals surface area contributed by atoms with Gasteiger partial charge in [0.2, 0.25) is 5.91 Å².